The van der Waals surface area contributed by atoms with Gasteiger partial charge in [-0.25, -0.2) is 0 Å². The fraction of sp³-hybridized carbons (Fsp3) is 0.300. The molecule has 23 heavy (non-hydrogen) atoms. The van der Waals surface area contributed by atoms with Crippen LogP contribution in [0.15, 0.2) is 66.6 Å². The molecule has 0 spiro atoms. The van der Waals surface area contributed by atoms with Crippen LogP contribution >= 0.6 is 11.6 Å². The lowest BCUT2D eigenvalue weighted by atomic mass is 10.0. The van der Waals surface area contributed by atoms with E-state index in [2.05, 4.69) is 53.7 Å². The number of benzene rings is 1. The lowest BCUT2D eigenvalue weighted by Gasteiger charge is -2.29. The summed E-state index contributed by atoms with van der Waals surface area (Å²) in [5.74, 6) is 0. The zero-order chi connectivity index (χ0) is 16.8. The van der Waals surface area contributed by atoms with Crippen molar-refractivity contribution in [2.75, 3.05) is 13.6 Å². The van der Waals surface area contributed by atoms with E-state index in [4.69, 9.17) is 11.6 Å². The third-order valence-electron chi connectivity index (χ3n) is 4.14. The van der Waals surface area contributed by atoms with Crippen LogP contribution in [0.2, 0.25) is 5.02 Å². The summed E-state index contributed by atoms with van der Waals surface area (Å²) in [6, 6.07) is 6.22. The molecule has 1 N–H and O–H groups in total. The summed E-state index contributed by atoms with van der Waals surface area (Å²) in [6.45, 7) is 11.9. The van der Waals surface area contributed by atoms with Crippen LogP contribution in [0.5, 0.6) is 0 Å². The van der Waals surface area contributed by atoms with Crippen molar-refractivity contribution in [1.29, 1.82) is 0 Å². The number of hydrogen-bond acceptors (Lipinski definition) is 2. The normalized spacial score (nSPS) is 13.4. The Morgan fingerprint density at radius 3 is 2.70 bits per heavy atom. The van der Waals surface area contributed by atoms with Gasteiger partial charge in [0.15, 0.2) is 0 Å². The Bertz CT molecular complexity index is 656. The van der Waals surface area contributed by atoms with Gasteiger partial charge in [-0.05, 0) is 37.0 Å². The van der Waals surface area contributed by atoms with Gasteiger partial charge >= 0.3 is 0 Å². The first-order chi connectivity index (χ1) is 11.0. The van der Waals surface area contributed by atoms with Gasteiger partial charge in [0, 0.05) is 30.9 Å². The average molecular weight is 329 g/mol. The van der Waals surface area contributed by atoms with Crippen LogP contribution in [0, 0.1) is 6.92 Å². The maximum atomic E-state index is 6.27. The zero-order valence-corrected chi connectivity index (χ0v) is 14.8. The monoisotopic (exact) mass is 328 g/mol. The molecule has 0 atom stereocenters. The molecule has 0 aliphatic heterocycles. The fourth-order valence-corrected chi connectivity index (χ4v) is 2.77. The largest absolute Gasteiger partial charge is 0.387 e. The SMILES string of the molecule is C=C(NC)C(=C)N(CC1=CC=CCC1)Cc1ccc(C)c(Cl)c1. The van der Waals surface area contributed by atoms with E-state index in [0.29, 0.717) is 0 Å². The number of halogens is 1. The Morgan fingerprint density at radius 2 is 2.09 bits per heavy atom. The molecule has 2 rings (SSSR count). The minimum atomic E-state index is 0.764. The standard InChI is InChI=1S/C20H25ClN2/c1-15-10-11-19(12-20(15)21)14-23(17(3)16(2)22-4)13-18-8-6-5-7-9-18/h5-6,8,10-12,22H,2-3,7,9,13-14H2,1,4H3. The first-order valence-corrected chi connectivity index (χ1v) is 8.29. The summed E-state index contributed by atoms with van der Waals surface area (Å²) in [7, 11) is 1.87. The van der Waals surface area contributed by atoms with E-state index in [-0.39, 0.29) is 0 Å². The highest BCUT2D eigenvalue weighted by Crippen LogP contribution is 2.22. The smallest absolute Gasteiger partial charge is 0.0528 e. The molecule has 3 heteroatoms. The predicted molar refractivity (Wildman–Crippen MR) is 100 cm³/mol. The Balaban J connectivity index is 2.19. The van der Waals surface area contributed by atoms with Crippen molar-refractivity contribution in [3.05, 3.63) is 82.7 Å². The molecule has 0 saturated heterocycles. The molecule has 1 aliphatic carbocycles. The number of rotatable bonds is 7. The molecule has 1 aliphatic rings. The van der Waals surface area contributed by atoms with E-state index in [1.165, 1.54) is 11.1 Å². The minimum Gasteiger partial charge on any atom is -0.387 e. The average Bonchev–Trinajstić information content (AvgIpc) is 2.57. The van der Waals surface area contributed by atoms with Gasteiger partial charge in [0.2, 0.25) is 0 Å². The van der Waals surface area contributed by atoms with Crippen molar-refractivity contribution in [3.63, 3.8) is 0 Å². The van der Waals surface area contributed by atoms with Gasteiger partial charge in [-0.3, -0.25) is 0 Å². The lowest BCUT2D eigenvalue weighted by Crippen LogP contribution is -2.28. The molecular weight excluding hydrogens is 304 g/mol. The second kappa shape index (κ2) is 8.07. The molecule has 0 unspecified atom stereocenters. The number of likely N-dealkylation sites (N-methyl/N-ethyl adjacent to an activating group) is 1. The summed E-state index contributed by atoms with van der Waals surface area (Å²) in [4.78, 5) is 2.25. The van der Waals surface area contributed by atoms with Crippen molar-refractivity contribution >= 4 is 11.6 Å². The quantitative estimate of drug-likeness (QED) is 0.711. The Kier molecular flexibility index (Phi) is 6.12. The predicted octanol–water partition coefficient (Wildman–Crippen LogP) is 4.97. The number of nitrogens with one attached hydrogen (secondary N) is 1. The summed E-state index contributed by atoms with van der Waals surface area (Å²) in [6.07, 6.45) is 8.74. The molecule has 0 aromatic heterocycles. The molecule has 0 amide bonds. The van der Waals surface area contributed by atoms with Crippen LogP contribution in [0.1, 0.15) is 24.0 Å². The molecule has 0 saturated carbocycles. The molecule has 0 fully saturated rings. The maximum Gasteiger partial charge on any atom is 0.0528 e. The van der Waals surface area contributed by atoms with E-state index in [1.807, 2.05) is 20.0 Å². The molecule has 0 heterocycles. The molecule has 122 valence electrons. The second-order valence-electron chi connectivity index (χ2n) is 5.91. The van der Waals surface area contributed by atoms with E-state index in [9.17, 15) is 0 Å². The van der Waals surface area contributed by atoms with Crippen LogP contribution in [0.3, 0.4) is 0 Å². The number of hydrogen-bond donors (Lipinski definition) is 1. The molecule has 0 radical (unpaired) electrons. The van der Waals surface area contributed by atoms with Crippen molar-refractivity contribution in [2.24, 2.45) is 0 Å². The topological polar surface area (TPSA) is 15.3 Å². The highest BCUT2D eigenvalue weighted by Gasteiger charge is 2.14. The highest BCUT2D eigenvalue weighted by molar-refractivity contribution is 6.31. The van der Waals surface area contributed by atoms with Crippen molar-refractivity contribution in [3.8, 4) is 0 Å². The van der Waals surface area contributed by atoms with Gasteiger partial charge < -0.3 is 10.2 Å². The number of aryl methyl sites for hydroxylation is 1. The number of allylic oxidation sites excluding steroid dienone is 3. The van der Waals surface area contributed by atoms with Crippen LogP contribution in [-0.2, 0) is 6.54 Å². The fourth-order valence-electron chi connectivity index (χ4n) is 2.57. The summed E-state index contributed by atoms with van der Waals surface area (Å²) in [5, 5.41) is 3.90. The van der Waals surface area contributed by atoms with Crippen molar-refractivity contribution in [2.45, 2.75) is 26.3 Å². The third kappa shape index (κ3) is 4.77. The third-order valence-corrected chi connectivity index (χ3v) is 4.54. The van der Waals surface area contributed by atoms with E-state index in [0.717, 1.165) is 47.9 Å². The maximum absolute atomic E-state index is 6.27. The minimum absolute atomic E-state index is 0.764. The van der Waals surface area contributed by atoms with Crippen LogP contribution < -0.4 is 5.32 Å². The lowest BCUT2D eigenvalue weighted by molar-refractivity contribution is 0.365. The summed E-state index contributed by atoms with van der Waals surface area (Å²) < 4.78 is 0. The summed E-state index contributed by atoms with van der Waals surface area (Å²) >= 11 is 6.27. The Morgan fingerprint density at radius 1 is 1.30 bits per heavy atom. The van der Waals surface area contributed by atoms with Gasteiger partial charge in [0.05, 0.1) is 5.70 Å². The summed E-state index contributed by atoms with van der Waals surface area (Å²) in [5.41, 5.74) is 5.45. The van der Waals surface area contributed by atoms with Crippen LogP contribution in [0.25, 0.3) is 0 Å². The first-order valence-electron chi connectivity index (χ1n) is 7.91. The van der Waals surface area contributed by atoms with Gasteiger partial charge in [-0.15, -0.1) is 0 Å². The molecule has 0 bridgehead atoms. The van der Waals surface area contributed by atoms with Gasteiger partial charge in [0.25, 0.3) is 0 Å². The molecule has 2 nitrogen and oxygen atoms in total. The van der Waals surface area contributed by atoms with Gasteiger partial charge in [0.1, 0.15) is 0 Å². The Labute approximate surface area is 144 Å². The zero-order valence-electron chi connectivity index (χ0n) is 14.0. The van der Waals surface area contributed by atoms with Crippen molar-refractivity contribution < 1.29 is 0 Å². The van der Waals surface area contributed by atoms with Crippen molar-refractivity contribution in [1.82, 2.24) is 10.2 Å². The van der Waals surface area contributed by atoms with Gasteiger partial charge in [-0.1, -0.05) is 60.7 Å². The Hall–Kier alpha value is -1.93. The molecular formula is C20H25ClN2. The molecule has 1 aromatic carbocycles. The first kappa shape index (κ1) is 17.4. The van der Waals surface area contributed by atoms with Crippen LogP contribution in [-0.4, -0.2) is 18.5 Å². The van der Waals surface area contributed by atoms with E-state index in [1.54, 1.807) is 0 Å². The van der Waals surface area contributed by atoms with E-state index < -0.39 is 0 Å². The van der Waals surface area contributed by atoms with E-state index >= 15 is 0 Å². The van der Waals surface area contributed by atoms with Crippen LogP contribution in [0.4, 0.5) is 0 Å². The highest BCUT2D eigenvalue weighted by atomic mass is 35.5. The second-order valence-corrected chi connectivity index (χ2v) is 6.31. The number of nitrogens with zero attached hydrogens (tertiary/aromatic N) is 1. The molecule has 1 aromatic rings. The van der Waals surface area contributed by atoms with Gasteiger partial charge in [-0.2, -0.15) is 0 Å².